The average molecular weight is 383 g/mol. The first-order chi connectivity index (χ1) is 13.5. The van der Waals surface area contributed by atoms with Crippen LogP contribution in [0.15, 0.2) is 48.5 Å². The van der Waals surface area contributed by atoms with Crippen LogP contribution in [-0.2, 0) is 9.53 Å². The van der Waals surface area contributed by atoms with Crippen molar-refractivity contribution in [3.63, 3.8) is 0 Å². The smallest absolute Gasteiger partial charge is 0.313 e. The molecule has 1 atom stereocenters. The number of methoxy groups -OCH3 is 1. The van der Waals surface area contributed by atoms with E-state index in [-0.39, 0.29) is 19.1 Å². The predicted molar refractivity (Wildman–Crippen MR) is 106 cm³/mol. The third-order valence-electron chi connectivity index (χ3n) is 5.12. The number of hydrogen-bond donors (Lipinski definition) is 1. The van der Waals surface area contributed by atoms with Crippen molar-refractivity contribution < 1.29 is 24.2 Å². The van der Waals surface area contributed by atoms with Crippen LogP contribution >= 0.6 is 0 Å². The van der Waals surface area contributed by atoms with Crippen molar-refractivity contribution in [3.8, 4) is 16.9 Å². The van der Waals surface area contributed by atoms with Gasteiger partial charge >= 0.3 is 5.97 Å². The Kier molecular flexibility index (Phi) is 5.99. The number of carboxylic acids is 1. The van der Waals surface area contributed by atoms with Crippen LogP contribution in [0.2, 0.25) is 0 Å². The van der Waals surface area contributed by atoms with Crippen molar-refractivity contribution in [2.24, 2.45) is 5.41 Å². The highest BCUT2D eigenvalue weighted by Crippen LogP contribution is 2.34. The van der Waals surface area contributed by atoms with E-state index in [1.54, 1.807) is 11.0 Å². The van der Waals surface area contributed by atoms with Crippen molar-refractivity contribution in [1.29, 1.82) is 0 Å². The van der Waals surface area contributed by atoms with Gasteiger partial charge in [0.25, 0.3) is 5.91 Å². The first kappa shape index (κ1) is 19.9. The number of benzene rings is 2. The first-order valence-corrected chi connectivity index (χ1v) is 9.34. The second-order valence-corrected chi connectivity index (χ2v) is 7.01. The van der Waals surface area contributed by atoms with Crippen LogP contribution in [0.1, 0.15) is 23.7 Å². The van der Waals surface area contributed by atoms with E-state index in [0.29, 0.717) is 25.1 Å². The monoisotopic (exact) mass is 383 g/mol. The van der Waals surface area contributed by atoms with Crippen LogP contribution < -0.4 is 4.74 Å². The largest absolute Gasteiger partial charge is 0.493 e. The third kappa shape index (κ3) is 3.87. The molecule has 6 nitrogen and oxygen atoms in total. The summed E-state index contributed by atoms with van der Waals surface area (Å²) in [6, 6.07) is 15.1. The molecule has 0 bridgehead atoms. The van der Waals surface area contributed by atoms with Crippen LogP contribution in [0.25, 0.3) is 11.1 Å². The summed E-state index contributed by atoms with van der Waals surface area (Å²) in [5.41, 5.74) is 1.29. The molecular formula is C22H25NO5. The Balaban J connectivity index is 1.85. The maximum Gasteiger partial charge on any atom is 0.313 e. The summed E-state index contributed by atoms with van der Waals surface area (Å²) >= 11 is 0. The SMILES string of the molecule is CCOc1ccccc1-c1cccc(C(=O)N2CCC(COC)(C(=O)O)C2)c1. The van der Waals surface area contributed by atoms with E-state index in [1.165, 1.54) is 7.11 Å². The highest BCUT2D eigenvalue weighted by Gasteiger charge is 2.46. The summed E-state index contributed by atoms with van der Waals surface area (Å²) in [7, 11) is 1.48. The van der Waals surface area contributed by atoms with Gasteiger partial charge in [-0.05, 0) is 37.1 Å². The molecule has 1 fully saturated rings. The number of carbonyl (C=O) groups is 2. The molecule has 2 aromatic carbocycles. The molecule has 1 amide bonds. The molecule has 28 heavy (non-hydrogen) atoms. The molecule has 2 aromatic rings. The number of carbonyl (C=O) groups excluding carboxylic acids is 1. The summed E-state index contributed by atoms with van der Waals surface area (Å²) < 4.78 is 10.8. The average Bonchev–Trinajstić information content (AvgIpc) is 3.14. The Labute approximate surface area is 164 Å². The van der Waals surface area contributed by atoms with E-state index in [9.17, 15) is 14.7 Å². The van der Waals surface area contributed by atoms with E-state index in [4.69, 9.17) is 9.47 Å². The Morgan fingerprint density at radius 3 is 2.68 bits per heavy atom. The van der Waals surface area contributed by atoms with E-state index in [0.717, 1.165) is 16.9 Å². The number of rotatable bonds is 7. The number of ether oxygens (including phenoxy) is 2. The Bertz CT molecular complexity index is 866. The lowest BCUT2D eigenvalue weighted by atomic mass is 9.88. The quantitative estimate of drug-likeness (QED) is 0.794. The highest BCUT2D eigenvalue weighted by atomic mass is 16.5. The molecule has 0 aromatic heterocycles. The molecule has 1 unspecified atom stereocenters. The molecule has 148 valence electrons. The van der Waals surface area contributed by atoms with Gasteiger partial charge in [-0.3, -0.25) is 9.59 Å². The fraction of sp³-hybridized carbons (Fsp3) is 0.364. The number of likely N-dealkylation sites (tertiary alicyclic amines) is 1. The van der Waals surface area contributed by atoms with Gasteiger partial charge in [-0.25, -0.2) is 0 Å². The van der Waals surface area contributed by atoms with Gasteiger partial charge in [-0.15, -0.1) is 0 Å². The Morgan fingerprint density at radius 2 is 1.96 bits per heavy atom. The van der Waals surface area contributed by atoms with Crippen molar-refractivity contribution in [2.75, 3.05) is 33.4 Å². The van der Waals surface area contributed by atoms with Crippen molar-refractivity contribution in [2.45, 2.75) is 13.3 Å². The molecule has 1 aliphatic heterocycles. The van der Waals surface area contributed by atoms with E-state index in [2.05, 4.69) is 0 Å². The lowest BCUT2D eigenvalue weighted by Crippen LogP contribution is -2.40. The number of carboxylic acid groups (broad SMARTS) is 1. The van der Waals surface area contributed by atoms with Crippen molar-refractivity contribution >= 4 is 11.9 Å². The Hall–Kier alpha value is -2.86. The number of nitrogens with zero attached hydrogens (tertiary/aromatic N) is 1. The van der Waals surface area contributed by atoms with Gasteiger partial charge < -0.3 is 19.5 Å². The van der Waals surface area contributed by atoms with Gasteiger partial charge in [0, 0.05) is 31.3 Å². The normalized spacial score (nSPS) is 18.9. The van der Waals surface area contributed by atoms with Crippen LogP contribution in [-0.4, -0.2) is 55.3 Å². The fourth-order valence-corrected chi connectivity index (χ4v) is 3.67. The van der Waals surface area contributed by atoms with E-state index >= 15 is 0 Å². The zero-order chi connectivity index (χ0) is 20.1. The molecule has 1 saturated heterocycles. The van der Waals surface area contributed by atoms with E-state index in [1.807, 2.05) is 49.4 Å². The van der Waals surface area contributed by atoms with Crippen molar-refractivity contribution in [3.05, 3.63) is 54.1 Å². The molecule has 3 rings (SSSR count). The molecular weight excluding hydrogens is 358 g/mol. The lowest BCUT2D eigenvalue weighted by Gasteiger charge is -2.24. The van der Waals surface area contributed by atoms with Crippen LogP contribution in [0.4, 0.5) is 0 Å². The number of amides is 1. The van der Waals surface area contributed by atoms with Crippen LogP contribution in [0.3, 0.4) is 0 Å². The minimum Gasteiger partial charge on any atom is -0.493 e. The number of para-hydroxylation sites is 1. The minimum absolute atomic E-state index is 0.0912. The summed E-state index contributed by atoms with van der Waals surface area (Å²) in [6.45, 7) is 3.12. The summed E-state index contributed by atoms with van der Waals surface area (Å²) in [6.07, 6.45) is 0.384. The molecule has 0 spiro atoms. The molecule has 0 saturated carbocycles. The molecule has 6 heteroatoms. The van der Waals surface area contributed by atoms with Gasteiger partial charge in [-0.2, -0.15) is 0 Å². The van der Waals surface area contributed by atoms with Gasteiger partial charge in [0.1, 0.15) is 11.2 Å². The highest BCUT2D eigenvalue weighted by molar-refractivity contribution is 5.96. The Morgan fingerprint density at radius 1 is 1.18 bits per heavy atom. The number of hydrogen-bond acceptors (Lipinski definition) is 4. The number of aliphatic carboxylic acids is 1. The topological polar surface area (TPSA) is 76.1 Å². The third-order valence-corrected chi connectivity index (χ3v) is 5.12. The zero-order valence-electron chi connectivity index (χ0n) is 16.2. The van der Waals surface area contributed by atoms with Gasteiger partial charge in [0.15, 0.2) is 0 Å². The molecule has 1 heterocycles. The molecule has 0 radical (unpaired) electrons. The lowest BCUT2D eigenvalue weighted by molar-refractivity contribution is -0.151. The maximum atomic E-state index is 13.0. The molecule has 1 N–H and O–H groups in total. The van der Waals surface area contributed by atoms with Crippen LogP contribution in [0.5, 0.6) is 5.75 Å². The summed E-state index contributed by atoms with van der Waals surface area (Å²) in [4.78, 5) is 26.3. The maximum absolute atomic E-state index is 13.0. The predicted octanol–water partition coefficient (Wildman–Crippen LogP) is 3.32. The van der Waals surface area contributed by atoms with Crippen LogP contribution in [0, 0.1) is 5.41 Å². The zero-order valence-corrected chi connectivity index (χ0v) is 16.2. The van der Waals surface area contributed by atoms with Gasteiger partial charge in [0.05, 0.1) is 13.2 Å². The second kappa shape index (κ2) is 8.44. The first-order valence-electron chi connectivity index (χ1n) is 9.34. The van der Waals surface area contributed by atoms with Gasteiger partial charge in [0.2, 0.25) is 0 Å². The van der Waals surface area contributed by atoms with Gasteiger partial charge in [-0.1, -0.05) is 30.3 Å². The molecule has 1 aliphatic rings. The summed E-state index contributed by atoms with van der Waals surface area (Å²) in [5.74, 6) is -0.334. The van der Waals surface area contributed by atoms with E-state index < -0.39 is 11.4 Å². The summed E-state index contributed by atoms with van der Waals surface area (Å²) in [5, 5.41) is 9.61. The minimum atomic E-state index is -1.04. The second-order valence-electron chi connectivity index (χ2n) is 7.01. The van der Waals surface area contributed by atoms with Crippen molar-refractivity contribution in [1.82, 2.24) is 4.90 Å². The standard InChI is InChI=1S/C22H25NO5/c1-3-28-19-10-5-4-9-18(19)16-7-6-8-17(13-16)20(24)23-12-11-22(14-23,15-27-2)21(25)26/h4-10,13H,3,11-12,14-15H2,1-2H3,(H,25,26). The fourth-order valence-electron chi connectivity index (χ4n) is 3.67. The molecule has 0 aliphatic carbocycles.